The van der Waals surface area contributed by atoms with E-state index in [0.717, 1.165) is 0 Å². The van der Waals surface area contributed by atoms with Gasteiger partial charge in [-0.1, -0.05) is 18.2 Å². The predicted octanol–water partition coefficient (Wildman–Crippen LogP) is 2.67. The van der Waals surface area contributed by atoms with E-state index < -0.39 is 0 Å². The van der Waals surface area contributed by atoms with Crippen LogP contribution >= 0.6 is 22.6 Å². The molecule has 1 atom stereocenters. The molecule has 1 saturated carbocycles. The fourth-order valence-electron chi connectivity index (χ4n) is 1.97. The summed E-state index contributed by atoms with van der Waals surface area (Å²) < 4.78 is 1.36. The third-order valence-corrected chi connectivity index (χ3v) is 4.01. The van der Waals surface area contributed by atoms with Crippen molar-refractivity contribution >= 4 is 22.6 Å². The summed E-state index contributed by atoms with van der Waals surface area (Å²) in [5.74, 6) is 0. The van der Waals surface area contributed by atoms with E-state index in [-0.39, 0.29) is 6.04 Å². The van der Waals surface area contributed by atoms with Crippen molar-refractivity contribution in [2.75, 3.05) is 0 Å². The first-order valence-corrected chi connectivity index (χ1v) is 5.75. The smallest absolute Gasteiger partial charge is 0.0168 e. The SMILES string of the molecule is CC(N)C1(c2ccccc2I)CC1. The summed E-state index contributed by atoms with van der Waals surface area (Å²) in [6, 6.07) is 8.86. The van der Waals surface area contributed by atoms with Crippen LogP contribution in [0, 0.1) is 3.57 Å². The van der Waals surface area contributed by atoms with Crippen molar-refractivity contribution in [3.05, 3.63) is 33.4 Å². The molecule has 2 heteroatoms. The van der Waals surface area contributed by atoms with Crippen molar-refractivity contribution in [1.29, 1.82) is 0 Å². The molecule has 1 aromatic rings. The summed E-state index contributed by atoms with van der Waals surface area (Å²) in [5.41, 5.74) is 7.78. The molecule has 1 aliphatic rings. The molecule has 1 aliphatic carbocycles. The molecule has 2 N–H and O–H groups in total. The van der Waals surface area contributed by atoms with Crippen LogP contribution in [0.25, 0.3) is 0 Å². The van der Waals surface area contributed by atoms with Crippen LogP contribution in [0.1, 0.15) is 25.3 Å². The number of nitrogens with two attached hydrogens (primary N) is 1. The molecule has 0 aromatic heterocycles. The monoisotopic (exact) mass is 287 g/mol. The van der Waals surface area contributed by atoms with Gasteiger partial charge in [-0.25, -0.2) is 0 Å². The maximum atomic E-state index is 6.03. The van der Waals surface area contributed by atoms with Crippen molar-refractivity contribution in [3.8, 4) is 0 Å². The minimum Gasteiger partial charge on any atom is -0.327 e. The second-order valence-electron chi connectivity index (χ2n) is 3.92. The van der Waals surface area contributed by atoms with E-state index in [1.807, 2.05) is 0 Å². The number of hydrogen-bond donors (Lipinski definition) is 1. The number of hydrogen-bond acceptors (Lipinski definition) is 1. The van der Waals surface area contributed by atoms with E-state index >= 15 is 0 Å². The molecule has 0 amide bonds. The third kappa shape index (κ3) is 1.50. The Labute approximate surface area is 92.9 Å². The van der Waals surface area contributed by atoms with Gasteiger partial charge in [-0.2, -0.15) is 0 Å². The van der Waals surface area contributed by atoms with Gasteiger partial charge in [-0.05, 0) is 54.0 Å². The zero-order valence-electron chi connectivity index (χ0n) is 7.76. The summed E-state index contributed by atoms with van der Waals surface area (Å²) in [4.78, 5) is 0. The van der Waals surface area contributed by atoms with Gasteiger partial charge in [-0.15, -0.1) is 0 Å². The van der Waals surface area contributed by atoms with Crippen LogP contribution in [0.4, 0.5) is 0 Å². The third-order valence-electron chi connectivity index (χ3n) is 3.07. The molecule has 1 nitrogen and oxygen atoms in total. The minimum absolute atomic E-state index is 0.281. The summed E-state index contributed by atoms with van der Waals surface area (Å²) in [5, 5.41) is 0. The predicted molar refractivity (Wildman–Crippen MR) is 63.7 cm³/mol. The highest BCUT2D eigenvalue weighted by atomic mass is 127. The van der Waals surface area contributed by atoms with E-state index in [1.54, 1.807) is 0 Å². The Hall–Kier alpha value is -0.0900. The fourth-order valence-corrected chi connectivity index (χ4v) is 2.89. The molecular formula is C11H14IN. The standard InChI is InChI=1S/C11H14IN/c1-8(13)11(6-7-11)9-4-2-3-5-10(9)12/h2-5,8H,6-7,13H2,1H3. The second-order valence-corrected chi connectivity index (χ2v) is 5.09. The van der Waals surface area contributed by atoms with E-state index in [1.165, 1.54) is 22.0 Å². The van der Waals surface area contributed by atoms with Crippen LogP contribution in [-0.2, 0) is 5.41 Å². The van der Waals surface area contributed by atoms with Crippen molar-refractivity contribution in [2.45, 2.75) is 31.2 Å². The maximum Gasteiger partial charge on any atom is 0.0168 e. The molecule has 1 aromatic carbocycles. The van der Waals surface area contributed by atoms with Crippen LogP contribution in [-0.4, -0.2) is 6.04 Å². The second kappa shape index (κ2) is 3.24. The molecule has 13 heavy (non-hydrogen) atoms. The van der Waals surface area contributed by atoms with Gasteiger partial charge in [0.1, 0.15) is 0 Å². The first kappa shape index (κ1) is 9.46. The Morgan fingerprint density at radius 2 is 2.00 bits per heavy atom. The van der Waals surface area contributed by atoms with Gasteiger partial charge >= 0.3 is 0 Å². The van der Waals surface area contributed by atoms with Crippen molar-refractivity contribution < 1.29 is 0 Å². The highest BCUT2D eigenvalue weighted by Crippen LogP contribution is 2.51. The lowest BCUT2D eigenvalue weighted by molar-refractivity contribution is 0.554. The van der Waals surface area contributed by atoms with Gasteiger partial charge in [0.25, 0.3) is 0 Å². The molecule has 70 valence electrons. The van der Waals surface area contributed by atoms with Gasteiger partial charge in [0.05, 0.1) is 0 Å². The molecule has 1 unspecified atom stereocenters. The van der Waals surface area contributed by atoms with Crippen molar-refractivity contribution in [3.63, 3.8) is 0 Å². The molecule has 0 spiro atoms. The Morgan fingerprint density at radius 1 is 1.38 bits per heavy atom. The molecule has 0 radical (unpaired) electrons. The van der Waals surface area contributed by atoms with Crippen LogP contribution in [0.5, 0.6) is 0 Å². The van der Waals surface area contributed by atoms with Crippen LogP contribution in [0.3, 0.4) is 0 Å². The maximum absolute atomic E-state index is 6.03. The molecule has 0 saturated heterocycles. The molecule has 0 heterocycles. The van der Waals surface area contributed by atoms with Crippen molar-refractivity contribution in [1.82, 2.24) is 0 Å². The lowest BCUT2D eigenvalue weighted by atomic mass is 9.90. The highest BCUT2D eigenvalue weighted by Gasteiger charge is 2.48. The average Bonchev–Trinajstić information content (AvgIpc) is 2.85. The largest absolute Gasteiger partial charge is 0.327 e. The van der Waals surface area contributed by atoms with Gasteiger partial charge in [-0.3, -0.25) is 0 Å². The van der Waals surface area contributed by atoms with E-state index in [2.05, 4.69) is 53.8 Å². The average molecular weight is 287 g/mol. The van der Waals surface area contributed by atoms with Crippen LogP contribution in [0.2, 0.25) is 0 Å². The molecular weight excluding hydrogens is 273 g/mol. The summed E-state index contributed by atoms with van der Waals surface area (Å²) in [7, 11) is 0. The molecule has 2 rings (SSSR count). The van der Waals surface area contributed by atoms with Crippen molar-refractivity contribution in [2.24, 2.45) is 5.73 Å². The fraction of sp³-hybridized carbons (Fsp3) is 0.455. The molecule has 1 fully saturated rings. The Kier molecular flexibility index (Phi) is 2.36. The summed E-state index contributed by atoms with van der Waals surface area (Å²) >= 11 is 2.40. The topological polar surface area (TPSA) is 26.0 Å². The first-order valence-electron chi connectivity index (χ1n) is 4.67. The number of halogens is 1. The minimum atomic E-state index is 0.281. The van der Waals surface area contributed by atoms with Gasteiger partial charge in [0, 0.05) is 15.0 Å². The first-order chi connectivity index (χ1) is 6.17. The zero-order valence-corrected chi connectivity index (χ0v) is 9.91. The Balaban J connectivity index is 2.41. The lowest BCUT2D eigenvalue weighted by Gasteiger charge is -2.21. The van der Waals surface area contributed by atoms with Crippen LogP contribution in [0.15, 0.2) is 24.3 Å². The summed E-state index contributed by atoms with van der Waals surface area (Å²) in [6.07, 6.45) is 2.51. The summed E-state index contributed by atoms with van der Waals surface area (Å²) in [6.45, 7) is 2.12. The number of rotatable bonds is 2. The van der Waals surface area contributed by atoms with E-state index in [4.69, 9.17) is 5.73 Å². The Morgan fingerprint density at radius 3 is 2.46 bits per heavy atom. The van der Waals surface area contributed by atoms with Crippen LogP contribution < -0.4 is 5.73 Å². The van der Waals surface area contributed by atoms with E-state index in [9.17, 15) is 0 Å². The van der Waals surface area contributed by atoms with Gasteiger partial charge in [0.2, 0.25) is 0 Å². The van der Waals surface area contributed by atoms with Gasteiger partial charge in [0.15, 0.2) is 0 Å². The van der Waals surface area contributed by atoms with Gasteiger partial charge < -0.3 is 5.73 Å². The molecule has 0 aliphatic heterocycles. The number of benzene rings is 1. The zero-order chi connectivity index (χ0) is 9.47. The molecule has 0 bridgehead atoms. The highest BCUT2D eigenvalue weighted by molar-refractivity contribution is 14.1. The normalized spacial score (nSPS) is 21.2. The van der Waals surface area contributed by atoms with E-state index in [0.29, 0.717) is 5.41 Å². The quantitative estimate of drug-likeness (QED) is 0.831. The lowest BCUT2D eigenvalue weighted by Crippen LogP contribution is -2.32. The Bertz CT molecular complexity index is 316.